The van der Waals surface area contributed by atoms with Crippen LogP contribution in [-0.4, -0.2) is 47.1 Å². The number of nitrogens with one attached hydrogen (secondary N) is 1. The van der Waals surface area contributed by atoms with E-state index in [1.807, 2.05) is 6.92 Å². The molecule has 0 amide bonds. The molecule has 112 valence electrons. The predicted molar refractivity (Wildman–Crippen MR) is 71.2 cm³/mol. The Balaban J connectivity index is 1.77. The maximum atomic E-state index is 10.9. The summed E-state index contributed by atoms with van der Waals surface area (Å²) in [6.45, 7) is 3.80. The van der Waals surface area contributed by atoms with Gasteiger partial charge in [0.05, 0.1) is 11.0 Å². The summed E-state index contributed by atoms with van der Waals surface area (Å²) in [6.07, 6.45) is 0.0387. The van der Waals surface area contributed by atoms with Gasteiger partial charge in [0, 0.05) is 19.2 Å². The second kappa shape index (κ2) is 5.62. The molecule has 0 aliphatic carbocycles. The van der Waals surface area contributed by atoms with Crippen molar-refractivity contribution in [2.75, 3.05) is 19.7 Å². The van der Waals surface area contributed by atoms with E-state index in [-0.39, 0.29) is 28.9 Å². The molecule has 0 spiro atoms. The molecule has 0 radical (unpaired) electrons. The Morgan fingerprint density at radius 3 is 3.00 bits per heavy atom. The fourth-order valence-electron chi connectivity index (χ4n) is 2.25. The van der Waals surface area contributed by atoms with E-state index in [0.717, 1.165) is 6.54 Å². The first kappa shape index (κ1) is 13.7. The van der Waals surface area contributed by atoms with Crippen molar-refractivity contribution in [3.63, 3.8) is 0 Å². The number of fused-ring (bicyclic) bond motifs is 1. The van der Waals surface area contributed by atoms with Crippen LogP contribution in [0.2, 0.25) is 0 Å². The van der Waals surface area contributed by atoms with Crippen molar-refractivity contribution in [3.8, 4) is 5.75 Å². The average Bonchev–Trinajstić information content (AvgIpc) is 2.94. The SMILES string of the molecule is CC1CNCC(COc2ccc([N+](=O)[O-])c3nonc23)O1. The van der Waals surface area contributed by atoms with Gasteiger partial charge in [-0.15, -0.1) is 0 Å². The van der Waals surface area contributed by atoms with Crippen LogP contribution in [0, 0.1) is 10.1 Å². The third-order valence-corrected chi connectivity index (χ3v) is 3.21. The van der Waals surface area contributed by atoms with Gasteiger partial charge in [-0.2, -0.15) is 0 Å². The number of ether oxygens (including phenoxy) is 2. The quantitative estimate of drug-likeness (QED) is 0.653. The Hall–Kier alpha value is -2.26. The van der Waals surface area contributed by atoms with Gasteiger partial charge in [0.2, 0.25) is 5.52 Å². The number of nitro benzene ring substituents is 1. The van der Waals surface area contributed by atoms with E-state index < -0.39 is 4.92 Å². The standard InChI is InChI=1S/C12H14N4O5/c1-7-4-13-5-8(20-7)6-19-10-3-2-9(16(17)18)11-12(10)15-21-14-11/h2-3,7-8,13H,4-6H2,1H3. The lowest BCUT2D eigenvalue weighted by Gasteiger charge is -2.28. The van der Waals surface area contributed by atoms with Crippen molar-refractivity contribution in [2.24, 2.45) is 0 Å². The minimum Gasteiger partial charge on any atom is -0.488 e. The van der Waals surface area contributed by atoms with Crippen LogP contribution in [0.1, 0.15) is 6.92 Å². The molecule has 9 nitrogen and oxygen atoms in total. The van der Waals surface area contributed by atoms with Crippen LogP contribution in [0.3, 0.4) is 0 Å². The summed E-state index contributed by atoms with van der Waals surface area (Å²) in [6, 6.07) is 2.81. The molecule has 21 heavy (non-hydrogen) atoms. The van der Waals surface area contributed by atoms with Crippen LogP contribution in [-0.2, 0) is 4.74 Å². The summed E-state index contributed by atoms with van der Waals surface area (Å²) in [4.78, 5) is 10.4. The number of hydrogen-bond donors (Lipinski definition) is 1. The highest BCUT2D eigenvalue weighted by Crippen LogP contribution is 2.30. The molecule has 0 saturated carbocycles. The number of aromatic nitrogens is 2. The van der Waals surface area contributed by atoms with Gasteiger partial charge in [-0.25, -0.2) is 4.63 Å². The normalized spacial score (nSPS) is 22.3. The van der Waals surface area contributed by atoms with Crippen molar-refractivity contribution in [2.45, 2.75) is 19.1 Å². The highest BCUT2D eigenvalue weighted by Gasteiger charge is 2.23. The van der Waals surface area contributed by atoms with Crippen molar-refractivity contribution in [3.05, 3.63) is 22.2 Å². The van der Waals surface area contributed by atoms with E-state index in [1.54, 1.807) is 0 Å². The summed E-state index contributed by atoms with van der Waals surface area (Å²) in [5.74, 6) is 0.388. The zero-order valence-corrected chi connectivity index (χ0v) is 11.3. The number of nitrogens with zero attached hydrogens (tertiary/aromatic N) is 3. The fraction of sp³-hybridized carbons (Fsp3) is 0.500. The van der Waals surface area contributed by atoms with Crippen molar-refractivity contribution in [1.82, 2.24) is 15.6 Å². The lowest BCUT2D eigenvalue weighted by Crippen LogP contribution is -2.45. The molecule has 2 atom stereocenters. The van der Waals surface area contributed by atoms with E-state index in [2.05, 4.69) is 20.3 Å². The van der Waals surface area contributed by atoms with Gasteiger partial charge in [0.15, 0.2) is 11.3 Å². The first-order chi connectivity index (χ1) is 10.1. The molecule has 1 aromatic heterocycles. The van der Waals surface area contributed by atoms with E-state index in [1.165, 1.54) is 12.1 Å². The van der Waals surface area contributed by atoms with Gasteiger partial charge < -0.3 is 14.8 Å². The zero-order chi connectivity index (χ0) is 14.8. The average molecular weight is 294 g/mol. The summed E-state index contributed by atoms with van der Waals surface area (Å²) in [5.41, 5.74) is 0.150. The predicted octanol–water partition coefficient (Wildman–Crippen LogP) is 0.887. The van der Waals surface area contributed by atoms with Gasteiger partial charge in [0.1, 0.15) is 12.7 Å². The minimum absolute atomic E-state index is 0.0774. The Bertz CT molecular complexity index is 658. The third-order valence-electron chi connectivity index (χ3n) is 3.21. The van der Waals surface area contributed by atoms with Gasteiger partial charge in [-0.05, 0) is 23.3 Å². The minimum atomic E-state index is -0.536. The molecule has 2 unspecified atom stereocenters. The number of hydrogen-bond acceptors (Lipinski definition) is 8. The van der Waals surface area contributed by atoms with Gasteiger partial charge in [0.25, 0.3) is 0 Å². The first-order valence-corrected chi connectivity index (χ1v) is 6.54. The summed E-state index contributed by atoms with van der Waals surface area (Å²) >= 11 is 0. The van der Waals surface area contributed by atoms with Crippen LogP contribution in [0.5, 0.6) is 5.75 Å². The Kier molecular flexibility index (Phi) is 3.67. The van der Waals surface area contributed by atoms with Crippen LogP contribution in [0.25, 0.3) is 11.0 Å². The number of rotatable bonds is 4. The largest absolute Gasteiger partial charge is 0.488 e. The monoisotopic (exact) mass is 294 g/mol. The van der Waals surface area contributed by atoms with Gasteiger partial charge in [-0.3, -0.25) is 10.1 Å². The molecule has 1 aliphatic rings. The maximum Gasteiger partial charge on any atom is 0.301 e. The van der Waals surface area contributed by atoms with E-state index in [9.17, 15) is 10.1 Å². The van der Waals surface area contributed by atoms with Crippen LogP contribution >= 0.6 is 0 Å². The van der Waals surface area contributed by atoms with Gasteiger partial charge in [-0.1, -0.05) is 0 Å². The molecule has 1 aromatic carbocycles. The number of non-ortho nitro benzene ring substituents is 1. The van der Waals surface area contributed by atoms with E-state index in [0.29, 0.717) is 18.9 Å². The molecule has 0 bridgehead atoms. The van der Waals surface area contributed by atoms with Crippen LogP contribution < -0.4 is 10.1 Å². The molecular weight excluding hydrogens is 280 g/mol. The van der Waals surface area contributed by atoms with E-state index in [4.69, 9.17) is 9.47 Å². The highest BCUT2D eigenvalue weighted by molar-refractivity contribution is 5.88. The molecule has 2 heterocycles. The summed E-state index contributed by atoms with van der Waals surface area (Å²) < 4.78 is 15.9. The lowest BCUT2D eigenvalue weighted by molar-refractivity contribution is -0.383. The fourth-order valence-corrected chi connectivity index (χ4v) is 2.25. The lowest BCUT2D eigenvalue weighted by atomic mass is 10.2. The summed E-state index contributed by atoms with van der Waals surface area (Å²) in [7, 11) is 0. The molecule has 2 aromatic rings. The Morgan fingerprint density at radius 2 is 2.24 bits per heavy atom. The second-order valence-corrected chi connectivity index (χ2v) is 4.84. The first-order valence-electron chi connectivity index (χ1n) is 6.54. The maximum absolute atomic E-state index is 10.9. The molecule has 3 rings (SSSR count). The smallest absolute Gasteiger partial charge is 0.301 e. The third kappa shape index (κ3) is 2.78. The summed E-state index contributed by atoms with van der Waals surface area (Å²) in [5, 5.41) is 21.4. The number of benzene rings is 1. The molecule has 1 N–H and O–H groups in total. The van der Waals surface area contributed by atoms with Crippen molar-refractivity contribution < 1.29 is 19.0 Å². The number of morpholine rings is 1. The van der Waals surface area contributed by atoms with Crippen LogP contribution in [0.15, 0.2) is 16.8 Å². The Labute approximate surface area is 119 Å². The second-order valence-electron chi connectivity index (χ2n) is 4.84. The molecule has 9 heteroatoms. The molecule has 1 fully saturated rings. The Morgan fingerprint density at radius 1 is 1.43 bits per heavy atom. The van der Waals surface area contributed by atoms with Crippen molar-refractivity contribution >= 4 is 16.7 Å². The van der Waals surface area contributed by atoms with E-state index >= 15 is 0 Å². The topological polar surface area (TPSA) is 113 Å². The molecule has 1 saturated heterocycles. The molecular formula is C12H14N4O5. The molecule has 1 aliphatic heterocycles. The van der Waals surface area contributed by atoms with Crippen molar-refractivity contribution in [1.29, 1.82) is 0 Å². The number of nitro groups is 1. The zero-order valence-electron chi connectivity index (χ0n) is 11.3. The highest BCUT2D eigenvalue weighted by atomic mass is 16.6. The van der Waals surface area contributed by atoms with Crippen LogP contribution in [0.4, 0.5) is 5.69 Å². The van der Waals surface area contributed by atoms with Gasteiger partial charge >= 0.3 is 5.69 Å².